The van der Waals surface area contributed by atoms with Crippen molar-refractivity contribution in [1.29, 1.82) is 0 Å². The summed E-state index contributed by atoms with van der Waals surface area (Å²) in [6, 6.07) is 5.38. The Kier molecular flexibility index (Phi) is 4.12. The van der Waals surface area contributed by atoms with Gasteiger partial charge in [-0.15, -0.1) is 11.3 Å². The van der Waals surface area contributed by atoms with E-state index in [-0.39, 0.29) is 6.04 Å². The van der Waals surface area contributed by atoms with Crippen LogP contribution in [-0.2, 0) is 6.42 Å². The predicted molar refractivity (Wildman–Crippen MR) is 84.8 cm³/mol. The van der Waals surface area contributed by atoms with Crippen LogP contribution in [0.4, 0.5) is 0 Å². The molecule has 3 N–H and O–H groups in total. The first-order valence-electron chi connectivity index (χ1n) is 6.42. The van der Waals surface area contributed by atoms with Gasteiger partial charge < -0.3 is 4.74 Å². The van der Waals surface area contributed by atoms with Crippen LogP contribution in [0, 0.1) is 0 Å². The number of ether oxygens (including phenoxy) is 1. The highest BCUT2D eigenvalue weighted by Crippen LogP contribution is 2.30. The summed E-state index contributed by atoms with van der Waals surface area (Å²) < 4.78 is 7.39. The summed E-state index contributed by atoms with van der Waals surface area (Å²) in [4.78, 5) is 5.55. The van der Waals surface area contributed by atoms with Crippen LogP contribution in [0.25, 0.3) is 4.96 Å². The topological polar surface area (TPSA) is 64.6 Å². The molecule has 1 atom stereocenters. The zero-order valence-corrected chi connectivity index (χ0v) is 13.0. The fourth-order valence-electron chi connectivity index (χ4n) is 2.32. The summed E-state index contributed by atoms with van der Waals surface area (Å²) in [7, 11) is 1.63. The Hall–Kier alpha value is -1.60. The van der Waals surface area contributed by atoms with Gasteiger partial charge in [0.05, 0.1) is 18.8 Å². The fourth-order valence-corrected chi connectivity index (χ4v) is 3.22. The minimum Gasteiger partial charge on any atom is -0.496 e. The minimum absolute atomic E-state index is 0.122. The number of aromatic nitrogens is 2. The number of benzene rings is 1. The molecule has 0 saturated carbocycles. The summed E-state index contributed by atoms with van der Waals surface area (Å²) >= 11 is 7.69. The number of methoxy groups -OCH3 is 1. The number of rotatable bonds is 5. The first-order valence-corrected chi connectivity index (χ1v) is 7.67. The molecule has 3 aromatic rings. The van der Waals surface area contributed by atoms with Crippen LogP contribution in [0.3, 0.4) is 0 Å². The van der Waals surface area contributed by atoms with E-state index in [1.807, 2.05) is 34.3 Å². The largest absolute Gasteiger partial charge is 0.496 e. The fraction of sp³-hybridized carbons (Fsp3) is 0.214. The molecule has 0 aliphatic carbocycles. The predicted octanol–water partition coefficient (Wildman–Crippen LogP) is 2.80. The zero-order valence-electron chi connectivity index (χ0n) is 11.4. The van der Waals surface area contributed by atoms with Crippen LogP contribution < -0.4 is 16.0 Å². The molecule has 0 aliphatic heterocycles. The summed E-state index contributed by atoms with van der Waals surface area (Å²) in [6.07, 6.45) is 4.65. The standard InChI is InChI=1S/C14H15ClN4OS/c1-20-13-3-2-9(15)6-11(13)12(18-16)7-10-8-19-4-5-21-14(19)17-10/h2-6,8,12,18H,7,16H2,1H3. The molecule has 0 amide bonds. The van der Waals surface area contributed by atoms with E-state index in [1.165, 1.54) is 0 Å². The highest BCUT2D eigenvalue weighted by atomic mass is 35.5. The van der Waals surface area contributed by atoms with E-state index in [9.17, 15) is 0 Å². The van der Waals surface area contributed by atoms with E-state index >= 15 is 0 Å². The maximum atomic E-state index is 6.08. The highest BCUT2D eigenvalue weighted by Gasteiger charge is 2.18. The van der Waals surface area contributed by atoms with Crippen molar-refractivity contribution < 1.29 is 4.74 Å². The van der Waals surface area contributed by atoms with Crippen molar-refractivity contribution in [2.45, 2.75) is 12.5 Å². The molecule has 0 bridgehead atoms. The Bertz CT molecular complexity index is 726. The molecule has 0 spiro atoms. The number of halogens is 1. The number of hydrazine groups is 1. The van der Waals surface area contributed by atoms with E-state index in [4.69, 9.17) is 22.2 Å². The Morgan fingerprint density at radius 3 is 3.10 bits per heavy atom. The molecule has 3 rings (SSSR count). The third-order valence-electron chi connectivity index (χ3n) is 3.32. The summed E-state index contributed by atoms with van der Waals surface area (Å²) in [5.74, 6) is 6.47. The lowest BCUT2D eigenvalue weighted by Gasteiger charge is -2.18. The number of hydrogen-bond acceptors (Lipinski definition) is 5. The SMILES string of the molecule is COc1ccc(Cl)cc1C(Cc1cn2ccsc2n1)NN. The second-order valence-electron chi connectivity index (χ2n) is 4.63. The summed E-state index contributed by atoms with van der Waals surface area (Å²) in [6.45, 7) is 0. The Morgan fingerprint density at radius 1 is 1.52 bits per heavy atom. The molecule has 5 nitrogen and oxygen atoms in total. The van der Waals surface area contributed by atoms with Crippen molar-refractivity contribution in [2.75, 3.05) is 7.11 Å². The first kappa shape index (κ1) is 14.3. The maximum Gasteiger partial charge on any atom is 0.193 e. The molecule has 2 heterocycles. The van der Waals surface area contributed by atoms with E-state index in [0.29, 0.717) is 11.4 Å². The number of nitrogens with one attached hydrogen (secondary N) is 1. The van der Waals surface area contributed by atoms with E-state index < -0.39 is 0 Å². The van der Waals surface area contributed by atoms with Crippen molar-refractivity contribution in [1.82, 2.24) is 14.8 Å². The van der Waals surface area contributed by atoms with E-state index in [1.54, 1.807) is 24.5 Å². The summed E-state index contributed by atoms with van der Waals surface area (Å²) in [5, 5.41) is 2.65. The molecular formula is C14H15ClN4OS. The lowest BCUT2D eigenvalue weighted by atomic mass is 10.0. The molecule has 0 aliphatic rings. The smallest absolute Gasteiger partial charge is 0.193 e. The minimum atomic E-state index is -0.122. The molecule has 1 aromatic carbocycles. The van der Waals surface area contributed by atoms with Crippen molar-refractivity contribution in [3.63, 3.8) is 0 Å². The Morgan fingerprint density at radius 2 is 2.38 bits per heavy atom. The normalized spacial score (nSPS) is 12.7. The van der Waals surface area contributed by atoms with Crippen LogP contribution in [0.5, 0.6) is 5.75 Å². The van der Waals surface area contributed by atoms with Crippen LogP contribution in [0.1, 0.15) is 17.3 Å². The van der Waals surface area contributed by atoms with Gasteiger partial charge in [-0.2, -0.15) is 0 Å². The molecular weight excluding hydrogens is 308 g/mol. The van der Waals surface area contributed by atoms with Crippen LogP contribution in [0.2, 0.25) is 5.02 Å². The van der Waals surface area contributed by atoms with Gasteiger partial charge in [-0.25, -0.2) is 4.98 Å². The number of imidazole rings is 1. The average Bonchev–Trinajstić information content (AvgIpc) is 3.05. The molecule has 7 heteroatoms. The molecule has 0 fully saturated rings. The maximum absolute atomic E-state index is 6.08. The molecule has 110 valence electrons. The van der Waals surface area contributed by atoms with Crippen molar-refractivity contribution in [2.24, 2.45) is 5.84 Å². The number of nitrogens with zero attached hydrogens (tertiary/aromatic N) is 2. The lowest BCUT2D eigenvalue weighted by Crippen LogP contribution is -2.30. The number of hydrogen-bond donors (Lipinski definition) is 2. The molecule has 2 aromatic heterocycles. The van der Waals surface area contributed by atoms with E-state index in [2.05, 4.69) is 10.4 Å². The van der Waals surface area contributed by atoms with Gasteiger partial charge in [-0.05, 0) is 18.2 Å². The summed E-state index contributed by atoms with van der Waals surface area (Å²) in [5.41, 5.74) is 4.71. The van der Waals surface area contributed by atoms with Gasteiger partial charge in [-0.3, -0.25) is 15.7 Å². The van der Waals surface area contributed by atoms with Gasteiger partial charge in [0.1, 0.15) is 5.75 Å². The van der Waals surface area contributed by atoms with Gasteiger partial charge in [-0.1, -0.05) is 11.6 Å². The van der Waals surface area contributed by atoms with Gasteiger partial charge >= 0.3 is 0 Å². The van der Waals surface area contributed by atoms with Crippen LogP contribution in [0.15, 0.2) is 36.0 Å². The molecule has 0 saturated heterocycles. The molecule has 0 radical (unpaired) electrons. The molecule has 21 heavy (non-hydrogen) atoms. The quantitative estimate of drug-likeness (QED) is 0.560. The average molecular weight is 323 g/mol. The lowest BCUT2D eigenvalue weighted by molar-refractivity contribution is 0.399. The van der Waals surface area contributed by atoms with Gasteiger partial charge in [0.25, 0.3) is 0 Å². The zero-order chi connectivity index (χ0) is 14.8. The second-order valence-corrected chi connectivity index (χ2v) is 5.94. The van der Waals surface area contributed by atoms with Crippen molar-refractivity contribution in [3.8, 4) is 5.75 Å². The van der Waals surface area contributed by atoms with E-state index in [0.717, 1.165) is 22.0 Å². The van der Waals surface area contributed by atoms with Crippen molar-refractivity contribution in [3.05, 3.63) is 52.3 Å². The number of fused-ring (bicyclic) bond motifs is 1. The number of nitrogens with two attached hydrogens (primary N) is 1. The third kappa shape index (κ3) is 2.89. The number of thiazole rings is 1. The monoisotopic (exact) mass is 322 g/mol. The van der Waals surface area contributed by atoms with Gasteiger partial charge in [0.2, 0.25) is 0 Å². The molecule has 1 unspecified atom stereocenters. The van der Waals surface area contributed by atoms with Gasteiger partial charge in [0, 0.05) is 34.8 Å². The Labute approximate surface area is 131 Å². The van der Waals surface area contributed by atoms with Gasteiger partial charge in [0.15, 0.2) is 4.96 Å². The second kappa shape index (κ2) is 6.03. The van der Waals surface area contributed by atoms with Crippen LogP contribution >= 0.6 is 22.9 Å². The first-order chi connectivity index (χ1) is 10.2. The van der Waals surface area contributed by atoms with Crippen LogP contribution in [-0.4, -0.2) is 16.5 Å². The Balaban J connectivity index is 1.91. The highest BCUT2D eigenvalue weighted by molar-refractivity contribution is 7.15. The third-order valence-corrected chi connectivity index (χ3v) is 4.33. The van der Waals surface area contributed by atoms with Crippen molar-refractivity contribution >= 4 is 27.9 Å².